The van der Waals surface area contributed by atoms with Gasteiger partial charge in [0.25, 0.3) is 0 Å². The van der Waals surface area contributed by atoms with Crippen molar-refractivity contribution in [1.29, 1.82) is 0 Å². The summed E-state index contributed by atoms with van der Waals surface area (Å²) in [6, 6.07) is 10.4. The molecule has 2 atom stereocenters. The van der Waals surface area contributed by atoms with Crippen LogP contribution in [0.25, 0.3) is 0 Å². The van der Waals surface area contributed by atoms with Crippen molar-refractivity contribution in [3.05, 3.63) is 35.9 Å². The Morgan fingerprint density at radius 3 is 2.84 bits per heavy atom. The topological polar surface area (TPSA) is 61.9 Å². The first kappa shape index (κ1) is 17.9. The van der Waals surface area contributed by atoms with E-state index >= 15 is 0 Å². The Morgan fingerprint density at radius 2 is 2.08 bits per heavy atom. The van der Waals surface area contributed by atoms with Crippen LogP contribution in [0.1, 0.15) is 18.4 Å². The van der Waals surface area contributed by atoms with Gasteiger partial charge in [0.05, 0.1) is 12.7 Å². The summed E-state index contributed by atoms with van der Waals surface area (Å²) in [5, 5.41) is 2.98. The largest absolute Gasteiger partial charge is 0.374 e. The number of ether oxygens (including phenoxy) is 1. The monoisotopic (exact) mass is 345 g/mol. The molecule has 2 saturated heterocycles. The number of likely N-dealkylation sites (tertiary alicyclic amines) is 1. The Morgan fingerprint density at radius 1 is 1.28 bits per heavy atom. The van der Waals surface area contributed by atoms with E-state index in [1.165, 1.54) is 5.56 Å². The highest BCUT2D eigenvalue weighted by molar-refractivity contribution is 5.86. The standard InChI is InChI=1S/C19H27N3O3/c1-21-8-7-16(11-18(21)23)19(24)20-12-17-14-22(9-10-25-17)13-15-5-3-2-4-6-15/h2-6,16-17H,7-14H2,1H3,(H,20,24)/t16-,17+/m0/s1. The fraction of sp³-hybridized carbons (Fsp3) is 0.579. The van der Waals surface area contributed by atoms with Crippen LogP contribution in [0, 0.1) is 5.92 Å². The molecular formula is C19H27N3O3. The lowest BCUT2D eigenvalue weighted by atomic mass is 9.95. The van der Waals surface area contributed by atoms with Crippen LogP contribution >= 0.6 is 0 Å². The molecule has 6 nitrogen and oxygen atoms in total. The van der Waals surface area contributed by atoms with E-state index in [4.69, 9.17) is 4.74 Å². The minimum absolute atomic E-state index is 0.00313. The summed E-state index contributed by atoms with van der Waals surface area (Å²) in [5.41, 5.74) is 1.29. The second kappa shape index (κ2) is 8.45. The van der Waals surface area contributed by atoms with Crippen LogP contribution in [0.3, 0.4) is 0 Å². The minimum atomic E-state index is -0.201. The van der Waals surface area contributed by atoms with Crippen LogP contribution in [0.2, 0.25) is 0 Å². The van der Waals surface area contributed by atoms with Crippen LogP contribution < -0.4 is 5.32 Å². The zero-order chi connectivity index (χ0) is 17.6. The molecule has 2 fully saturated rings. The van der Waals surface area contributed by atoms with Crippen LogP contribution in [-0.4, -0.2) is 67.6 Å². The molecule has 136 valence electrons. The second-order valence-corrected chi connectivity index (χ2v) is 6.96. The number of hydrogen-bond donors (Lipinski definition) is 1. The number of carbonyl (C=O) groups is 2. The fourth-order valence-electron chi connectivity index (χ4n) is 3.41. The van der Waals surface area contributed by atoms with Crippen LogP contribution in [0.15, 0.2) is 30.3 Å². The van der Waals surface area contributed by atoms with Crippen molar-refractivity contribution in [2.75, 3.05) is 39.8 Å². The minimum Gasteiger partial charge on any atom is -0.374 e. The van der Waals surface area contributed by atoms with Crippen molar-refractivity contribution in [2.45, 2.75) is 25.5 Å². The van der Waals surface area contributed by atoms with Gasteiger partial charge in [0.1, 0.15) is 0 Å². The summed E-state index contributed by atoms with van der Waals surface area (Å²) in [5.74, 6) is -0.174. The molecule has 1 aromatic rings. The van der Waals surface area contributed by atoms with Crippen LogP contribution in [0.5, 0.6) is 0 Å². The van der Waals surface area contributed by atoms with Crippen molar-refractivity contribution < 1.29 is 14.3 Å². The van der Waals surface area contributed by atoms with Gasteiger partial charge in [-0.05, 0) is 12.0 Å². The average molecular weight is 345 g/mol. The molecule has 6 heteroatoms. The second-order valence-electron chi connectivity index (χ2n) is 6.96. The third-order valence-corrected chi connectivity index (χ3v) is 5.01. The molecule has 0 bridgehead atoms. The summed E-state index contributed by atoms with van der Waals surface area (Å²) in [7, 11) is 1.79. The normalized spacial score (nSPS) is 25.0. The molecule has 2 amide bonds. The maximum atomic E-state index is 12.3. The quantitative estimate of drug-likeness (QED) is 0.860. The molecule has 2 aliphatic rings. The van der Waals surface area contributed by atoms with Crippen molar-refractivity contribution in [2.24, 2.45) is 5.92 Å². The lowest BCUT2D eigenvalue weighted by molar-refractivity contribution is -0.139. The molecule has 0 radical (unpaired) electrons. The maximum Gasteiger partial charge on any atom is 0.223 e. The van der Waals surface area contributed by atoms with E-state index in [9.17, 15) is 9.59 Å². The van der Waals surface area contributed by atoms with Gasteiger partial charge in [-0.15, -0.1) is 0 Å². The summed E-state index contributed by atoms with van der Waals surface area (Å²) < 4.78 is 5.79. The number of rotatable bonds is 5. The van der Waals surface area contributed by atoms with E-state index in [0.29, 0.717) is 26.1 Å². The number of amides is 2. The molecule has 3 rings (SSSR count). The Kier molecular flexibility index (Phi) is 6.04. The highest BCUT2D eigenvalue weighted by Crippen LogP contribution is 2.17. The van der Waals surface area contributed by atoms with E-state index in [-0.39, 0.29) is 23.8 Å². The SMILES string of the molecule is CN1CC[C@H](C(=O)NC[C@@H]2CN(Cc3ccccc3)CCO2)CC1=O. The maximum absolute atomic E-state index is 12.3. The van der Waals surface area contributed by atoms with E-state index in [1.54, 1.807) is 11.9 Å². The third kappa shape index (κ3) is 5.03. The highest BCUT2D eigenvalue weighted by atomic mass is 16.5. The Balaban J connectivity index is 1.43. The molecule has 0 unspecified atom stereocenters. The first-order valence-electron chi connectivity index (χ1n) is 9.01. The predicted octanol–water partition coefficient (Wildman–Crippen LogP) is 0.872. The van der Waals surface area contributed by atoms with Gasteiger partial charge >= 0.3 is 0 Å². The van der Waals surface area contributed by atoms with E-state index in [0.717, 1.165) is 26.1 Å². The van der Waals surface area contributed by atoms with Crippen molar-refractivity contribution >= 4 is 11.8 Å². The van der Waals surface area contributed by atoms with Crippen LogP contribution in [-0.2, 0) is 20.9 Å². The van der Waals surface area contributed by atoms with E-state index in [2.05, 4.69) is 34.5 Å². The third-order valence-electron chi connectivity index (χ3n) is 5.01. The van der Waals surface area contributed by atoms with Crippen molar-refractivity contribution in [3.8, 4) is 0 Å². The number of benzene rings is 1. The lowest BCUT2D eigenvalue weighted by Crippen LogP contribution is -2.49. The zero-order valence-electron chi connectivity index (χ0n) is 14.8. The molecule has 1 aromatic carbocycles. The Bertz CT molecular complexity index is 593. The number of carbonyl (C=O) groups excluding carboxylic acids is 2. The summed E-state index contributed by atoms with van der Waals surface area (Å²) in [4.78, 5) is 28.1. The zero-order valence-corrected chi connectivity index (χ0v) is 14.8. The molecule has 1 N–H and O–H groups in total. The molecule has 25 heavy (non-hydrogen) atoms. The van der Waals surface area contributed by atoms with E-state index in [1.807, 2.05) is 6.07 Å². The molecular weight excluding hydrogens is 318 g/mol. The average Bonchev–Trinajstić information content (AvgIpc) is 2.63. The smallest absolute Gasteiger partial charge is 0.223 e. The van der Waals surface area contributed by atoms with Crippen molar-refractivity contribution in [1.82, 2.24) is 15.1 Å². The van der Waals surface area contributed by atoms with Gasteiger partial charge in [-0.1, -0.05) is 30.3 Å². The molecule has 2 heterocycles. The number of nitrogens with one attached hydrogen (secondary N) is 1. The summed E-state index contributed by atoms with van der Waals surface area (Å²) >= 11 is 0. The van der Waals surface area contributed by atoms with Gasteiger partial charge in [-0.2, -0.15) is 0 Å². The highest BCUT2D eigenvalue weighted by Gasteiger charge is 2.29. The fourth-order valence-corrected chi connectivity index (χ4v) is 3.41. The summed E-state index contributed by atoms with van der Waals surface area (Å²) in [6.07, 6.45) is 1.05. The molecule has 0 aromatic heterocycles. The first-order valence-corrected chi connectivity index (χ1v) is 9.01. The number of piperidine rings is 1. The summed E-state index contributed by atoms with van der Waals surface area (Å²) in [6.45, 7) is 4.45. The van der Waals surface area contributed by atoms with Gasteiger partial charge in [-0.25, -0.2) is 0 Å². The molecule has 0 saturated carbocycles. The van der Waals surface area contributed by atoms with Gasteiger partial charge in [0.15, 0.2) is 0 Å². The predicted molar refractivity (Wildman–Crippen MR) is 94.8 cm³/mol. The molecule has 0 spiro atoms. The van der Waals surface area contributed by atoms with Crippen LogP contribution in [0.4, 0.5) is 0 Å². The lowest BCUT2D eigenvalue weighted by Gasteiger charge is -2.33. The number of hydrogen-bond acceptors (Lipinski definition) is 4. The Hall–Kier alpha value is -1.92. The van der Waals surface area contributed by atoms with Gasteiger partial charge in [0.2, 0.25) is 11.8 Å². The number of morpholine rings is 1. The first-order chi connectivity index (χ1) is 12.1. The number of nitrogens with zero attached hydrogens (tertiary/aromatic N) is 2. The van der Waals surface area contributed by atoms with Gasteiger partial charge in [-0.3, -0.25) is 14.5 Å². The van der Waals surface area contributed by atoms with E-state index < -0.39 is 0 Å². The van der Waals surface area contributed by atoms with Gasteiger partial charge < -0.3 is 15.0 Å². The van der Waals surface area contributed by atoms with Crippen molar-refractivity contribution in [3.63, 3.8) is 0 Å². The molecule has 2 aliphatic heterocycles. The Labute approximate surface area is 149 Å². The molecule has 0 aliphatic carbocycles. The van der Waals surface area contributed by atoms with Gasteiger partial charge in [0, 0.05) is 52.1 Å².